The topological polar surface area (TPSA) is 50.8 Å². The number of nitrogens with zero attached hydrogens (tertiary/aromatic N) is 1. The number of methoxy groups -OCH3 is 1. The quantitative estimate of drug-likeness (QED) is 0.569. The van der Waals surface area contributed by atoms with Crippen molar-refractivity contribution >= 4 is 5.97 Å². The summed E-state index contributed by atoms with van der Waals surface area (Å²) in [6.45, 7) is 7.93. The van der Waals surface area contributed by atoms with Crippen LogP contribution in [0, 0.1) is 0 Å². The van der Waals surface area contributed by atoms with Gasteiger partial charge in [0.2, 0.25) is 0 Å². The van der Waals surface area contributed by atoms with Crippen LogP contribution in [0.1, 0.15) is 33.1 Å². The van der Waals surface area contributed by atoms with Gasteiger partial charge in [-0.15, -0.1) is 0 Å². The average molecular weight is 272 g/mol. The van der Waals surface area contributed by atoms with E-state index in [0.29, 0.717) is 12.6 Å². The van der Waals surface area contributed by atoms with E-state index in [0.717, 1.165) is 32.7 Å². The lowest BCUT2D eigenvalue weighted by molar-refractivity contribution is -0.146. The molecule has 0 aromatic carbocycles. The Morgan fingerprint density at radius 1 is 1.37 bits per heavy atom. The molecule has 1 aliphatic rings. The largest absolute Gasteiger partial charge is 0.465 e. The maximum absolute atomic E-state index is 11.9. The van der Waals surface area contributed by atoms with E-state index >= 15 is 0 Å². The first-order valence-electron chi connectivity index (χ1n) is 7.35. The Hall–Kier alpha value is -0.650. The Morgan fingerprint density at radius 2 is 2.11 bits per heavy atom. The number of nitrogens with one attached hydrogen (secondary N) is 1. The van der Waals surface area contributed by atoms with Crippen molar-refractivity contribution < 1.29 is 14.3 Å². The van der Waals surface area contributed by atoms with E-state index in [4.69, 9.17) is 9.47 Å². The number of hydrogen-bond donors (Lipinski definition) is 1. The molecule has 1 fully saturated rings. The van der Waals surface area contributed by atoms with Gasteiger partial charge in [0.1, 0.15) is 6.04 Å². The van der Waals surface area contributed by atoms with Crippen LogP contribution < -0.4 is 5.32 Å². The number of likely N-dealkylation sites (N-methyl/N-ethyl adjacent to an activating group) is 1. The van der Waals surface area contributed by atoms with Crippen molar-refractivity contribution in [2.75, 3.05) is 40.0 Å². The molecule has 5 heteroatoms. The zero-order valence-electron chi connectivity index (χ0n) is 12.5. The lowest BCUT2D eigenvalue weighted by atomic mass is 10.2. The summed E-state index contributed by atoms with van der Waals surface area (Å²) >= 11 is 0. The Labute approximate surface area is 116 Å². The second-order valence-corrected chi connectivity index (χ2v) is 4.96. The van der Waals surface area contributed by atoms with Crippen molar-refractivity contribution in [3.8, 4) is 0 Å². The first kappa shape index (κ1) is 16.4. The summed E-state index contributed by atoms with van der Waals surface area (Å²) in [5.74, 6) is -0.114. The van der Waals surface area contributed by atoms with Crippen molar-refractivity contribution in [2.24, 2.45) is 0 Å². The van der Waals surface area contributed by atoms with E-state index in [9.17, 15) is 4.79 Å². The van der Waals surface area contributed by atoms with Crippen molar-refractivity contribution in [3.05, 3.63) is 0 Å². The molecule has 1 aliphatic carbocycles. The molecule has 1 saturated carbocycles. The molecule has 5 nitrogen and oxygen atoms in total. The van der Waals surface area contributed by atoms with E-state index in [1.165, 1.54) is 12.8 Å². The van der Waals surface area contributed by atoms with Gasteiger partial charge in [0, 0.05) is 26.2 Å². The Balaban J connectivity index is 2.34. The lowest BCUT2D eigenvalue weighted by Gasteiger charge is -2.23. The third kappa shape index (κ3) is 6.89. The Kier molecular flexibility index (Phi) is 8.02. The van der Waals surface area contributed by atoms with Gasteiger partial charge in [0.15, 0.2) is 0 Å². The van der Waals surface area contributed by atoms with Gasteiger partial charge in [-0.25, -0.2) is 0 Å². The zero-order valence-corrected chi connectivity index (χ0v) is 12.5. The first-order valence-corrected chi connectivity index (χ1v) is 7.35. The number of carbonyl (C=O) groups is 1. The van der Waals surface area contributed by atoms with Crippen LogP contribution in [-0.2, 0) is 14.3 Å². The van der Waals surface area contributed by atoms with Crippen LogP contribution in [0.25, 0.3) is 0 Å². The van der Waals surface area contributed by atoms with Crippen LogP contribution in [0.5, 0.6) is 0 Å². The van der Waals surface area contributed by atoms with Crippen LogP contribution in [0.2, 0.25) is 0 Å². The van der Waals surface area contributed by atoms with Gasteiger partial charge >= 0.3 is 5.97 Å². The van der Waals surface area contributed by atoms with Crippen molar-refractivity contribution in [1.29, 1.82) is 0 Å². The predicted octanol–water partition coefficient (Wildman–Crippen LogP) is 1.03. The molecule has 1 rings (SSSR count). The molecule has 1 atom stereocenters. The molecule has 0 amide bonds. The summed E-state index contributed by atoms with van der Waals surface area (Å²) in [7, 11) is 1.71. The first-order chi connectivity index (χ1) is 9.21. The summed E-state index contributed by atoms with van der Waals surface area (Å²) in [5, 5.41) is 3.38. The molecule has 0 aliphatic heterocycles. The third-order valence-corrected chi connectivity index (χ3v) is 3.38. The van der Waals surface area contributed by atoms with Gasteiger partial charge in [-0.05, 0) is 32.7 Å². The second-order valence-electron chi connectivity index (χ2n) is 4.96. The summed E-state index contributed by atoms with van der Waals surface area (Å²) in [6, 6.07) is 0.354. The number of rotatable bonds is 11. The molecule has 0 radical (unpaired) electrons. The third-order valence-electron chi connectivity index (χ3n) is 3.38. The highest BCUT2D eigenvalue weighted by atomic mass is 16.5. The van der Waals surface area contributed by atoms with Crippen LogP contribution in [0.3, 0.4) is 0 Å². The lowest BCUT2D eigenvalue weighted by Crippen LogP contribution is -2.42. The fourth-order valence-corrected chi connectivity index (χ4v) is 2.01. The minimum Gasteiger partial charge on any atom is -0.465 e. The highest BCUT2D eigenvalue weighted by Crippen LogP contribution is 2.20. The molecule has 0 aromatic heterocycles. The molecule has 112 valence electrons. The number of esters is 1. The number of ether oxygens (including phenoxy) is 2. The van der Waals surface area contributed by atoms with E-state index in [1.54, 1.807) is 7.11 Å². The fraction of sp³-hybridized carbons (Fsp3) is 0.929. The van der Waals surface area contributed by atoms with Gasteiger partial charge < -0.3 is 19.7 Å². The predicted molar refractivity (Wildman–Crippen MR) is 75.2 cm³/mol. The minimum absolute atomic E-state index is 0.114. The van der Waals surface area contributed by atoms with Crippen molar-refractivity contribution in [1.82, 2.24) is 10.2 Å². The smallest absolute Gasteiger partial charge is 0.323 e. The van der Waals surface area contributed by atoms with Crippen molar-refractivity contribution in [3.63, 3.8) is 0 Å². The second kappa shape index (κ2) is 9.28. The van der Waals surface area contributed by atoms with Crippen LogP contribution >= 0.6 is 0 Å². The Morgan fingerprint density at radius 3 is 2.63 bits per heavy atom. The fourth-order valence-electron chi connectivity index (χ4n) is 2.01. The summed E-state index contributed by atoms with van der Waals surface area (Å²) < 4.78 is 10.2. The molecule has 0 bridgehead atoms. The molecule has 19 heavy (non-hydrogen) atoms. The molecule has 1 N–H and O–H groups in total. The molecule has 1 unspecified atom stereocenters. The minimum atomic E-state index is -0.163. The van der Waals surface area contributed by atoms with E-state index in [2.05, 4.69) is 17.1 Å². The van der Waals surface area contributed by atoms with Gasteiger partial charge in [0.05, 0.1) is 13.2 Å². The monoisotopic (exact) mass is 272 g/mol. The normalized spacial score (nSPS) is 16.6. The Bertz CT molecular complexity index is 257. The molecule has 0 heterocycles. The van der Waals surface area contributed by atoms with Gasteiger partial charge in [-0.3, -0.25) is 4.79 Å². The maximum Gasteiger partial charge on any atom is 0.323 e. The average Bonchev–Trinajstić information content (AvgIpc) is 3.21. The molecular weight excluding hydrogens is 244 g/mol. The molecule has 0 aromatic rings. The van der Waals surface area contributed by atoms with Crippen LogP contribution in [-0.4, -0.2) is 62.9 Å². The van der Waals surface area contributed by atoms with Gasteiger partial charge in [-0.2, -0.15) is 0 Å². The molecule has 0 spiro atoms. The van der Waals surface area contributed by atoms with Gasteiger partial charge in [-0.1, -0.05) is 6.92 Å². The maximum atomic E-state index is 11.9. The van der Waals surface area contributed by atoms with E-state index < -0.39 is 0 Å². The SMILES string of the molecule is CCOC(=O)C(CCN(CC)CCOC)NC1CC1. The molecule has 0 saturated heterocycles. The standard InChI is InChI=1S/C14H28N2O3/c1-4-16(10-11-18-3)9-8-13(14(17)19-5-2)15-12-6-7-12/h12-13,15H,4-11H2,1-3H3. The highest BCUT2D eigenvalue weighted by Gasteiger charge is 2.29. The summed E-state index contributed by atoms with van der Waals surface area (Å²) in [5.41, 5.74) is 0. The van der Waals surface area contributed by atoms with Crippen molar-refractivity contribution in [2.45, 2.75) is 45.2 Å². The number of carbonyl (C=O) groups excluding carboxylic acids is 1. The van der Waals surface area contributed by atoms with E-state index in [-0.39, 0.29) is 12.0 Å². The van der Waals surface area contributed by atoms with E-state index in [1.807, 2.05) is 6.92 Å². The number of hydrogen-bond acceptors (Lipinski definition) is 5. The van der Waals surface area contributed by atoms with Crippen LogP contribution in [0.15, 0.2) is 0 Å². The van der Waals surface area contributed by atoms with Gasteiger partial charge in [0.25, 0.3) is 0 Å². The van der Waals surface area contributed by atoms with Crippen LogP contribution in [0.4, 0.5) is 0 Å². The molecular formula is C14H28N2O3. The zero-order chi connectivity index (χ0) is 14.1. The highest BCUT2D eigenvalue weighted by molar-refractivity contribution is 5.75. The summed E-state index contributed by atoms with van der Waals surface area (Å²) in [4.78, 5) is 14.2. The summed E-state index contributed by atoms with van der Waals surface area (Å²) in [6.07, 6.45) is 3.15.